The number of hydrogen-bond acceptors (Lipinski definition) is 5. The summed E-state index contributed by atoms with van der Waals surface area (Å²) < 4.78 is 7.39. The van der Waals surface area contributed by atoms with Gasteiger partial charge in [0.25, 0.3) is 5.91 Å². The molecule has 7 nitrogen and oxygen atoms in total. The molecule has 0 radical (unpaired) electrons. The zero-order chi connectivity index (χ0) is 18.8. The highest BCUT2D eigenvalue weighted by molar-refractivity contribution is 5.93. The van der Waals surface area contributed by atoms with E-state index in [0.717, 1.165) is 43.6 Å². The lowest BCUT2D eigenvalue weighted by atomic mass is 9.92. The predicted octanol–water partition coefficient (Wildman–Crippen LogP) is 2.87. The fraction of sp³-hybridized carbons (Fsp3) is 0.400. The second-order valence-electron chi connectivity index (χ2n) is 7.09. The van der Waals surface area contributed by atoms with E-state index in [2.05, 4.69) is 21.1 Å². The predicted molar refractivity (Wildman–Crippen MR) is 100 cm³/mol. The van der Waals surface area contributed by atoms with Gasteiger partial charge < -0.3 is 9.32 Å². The van der Waals surface area contributed by atoms with Crippen molar-refractivity contribution in [2.24, 2.45) is 13.0 Å². The average Bonchev–Trinajstić information content (AvgIpc) is 3.28. The Labute approximate surface area is 158 Å². The Balaban J connectivity index is 1.40. The minimum Gasteiger partial charge on any atom is -0.440 e. The Morgan fingerprint density at radius 3 is 2.78 bits per heavy atom. The maximum atomic E-state index is 12.9. The van der Waals surface area contributed by atoms with Gasteiger partial charge >= 0.3 is 0 Å². The topological polar surface area (TPSA) is 77.0 Å². The van der Waals surface area contributed by atoms with Gasteiger partial charge in [-0.15, -0.1) is 0 Å². The maximum Gasteiger partial charge on any atom is 0.276 e. The monoisotopic (exact) mass is 365 g/mol. The molecule has 4 rings (SSSR count). The standard InChI is InChI=1S/C20H23N5O2/c1-14-18(23-19(27-14)16-12-22-24(2)13-16)20(26)25-9-6-15(7-10-25)11-17-5-3-4-8-21-17/h3-5,8,12-13,15H,6-7,9-11H2,1-2H3. The van der Waals surface area contributed by atoms with Gasteiger partial charge in [-0.25, -0.2) is 4.98 Å². The van der Waals surface area contributed by atoms with Gasteiger partial charge in [0.15, 0.2) is 5.69 Å². The van der Waals surface area contributed by atoms with Crippen LogP contribution in [-0.4, -0.2) is 43.6 Å². The summed E-state index contributed by atoms with van der Waals surface area (Å²) in [5.74, 6) is 1.50. The number of rotatable bonds is 4. The molecule has 0 N–H and O–H groups in total. The molecule has 0 saturated carbocycles. The quantitative estimate of drug-likeness (QED) is 0.710. The molecular weight excluding hydrogens is 342 g/mol. The van der Waals surface area contributed by atoms with Crippen LogP contribution in [0.5, 0.6) is 0 Å². The molecular formula is C20H23N5O2. The van der Waals surface area contributed by atoms with Crippen molar-refractivity contribution in [3.63, 3.8) is 0 Å². The highest BCUT2D eigenvalue weighted by Crippen LogP contribution is 2.25. The molecule has 0 spiro atoms. The van der Waals surface area contributed by atoms with E-state index in [-0.39, 0.29) is 5.91 Å². The molecule has 0 aromatic carbocycles. The lowest BCUT2D eigenvalue weighted by molar-refractivity contribution is 0.0683. The molecule has 4 heterocycles. The van der Waals surface area contributed by atoms with Crippen molar-refractivity contribution in [2.75, 3.05) is 13.1 Å². The first-order valence-corrected chi connectivity index (χ1v) is 9.26. The summed E-state index contributed by atoms with van der Waals surface area (Å²) in [5.41, 5.74) is 2.29. The van der Waals surface area contributed by atoms with Crippen LogP contribution in [-0.2, 0) is 13.5 Å². The number of oxazole rings is 1. The van der Waals surface area contributed by atoms with Crippen LogP contribution in [0.3, 0.4) is 0 Å². The molecule has 1 aliphatic heterocycles. The van der Waals surface area contributed by atoms with Crippen molar-refractivity contribution in [1.82, 2.24) is 24.6 Å². The minimum atomic E-state index is -0.0531. The number of likely N-dealkylation sites (tertiary alicyclic amines) is 1. The van der Waals surface area contributed by atoms with Crippen molar-refractivity contribution in [1.29, 1.82) is 0 Å². The average molecular weight is 365 g/mol. The number of piperidine rings is 1. The molecule has 0 bridgehead atoms. The van der Waals surface area contributed by atoms with E-state index < -0.39 is 0 Å². The lowest BCUT2D eigenvalue weighted by Crippen LogP contribution is -2.39. The van der Waals surface area contributed by atoms with Crippen LogP contribution in [0, 0.1) is 12.8 Å². The molecule has 140 valence electrons. The summed E-state index contributed by atoms with van der Waals surface area (Å²) in [5, 5.41) is 4.13. The normalized spacial score (nSPS) is 15.3. The van der Waals surface area contributed by atoms with Crippen LogP contribution in [0.2, 0.25) is 0 Å². The molecule has 0 unspecified atom stereocenters. The van der Waals surface area contributed by atoms with Gasteiger partial charge in [0.05, 0.1) is 11.8 Å². The first-order chi connectivity index (χ1) is 13.1. The third kappa shape index (κ3) is 3.77. The van der Waals surface area contributed by atoms with Gasteiger partial charge in [-0.2, -0.15) is 5.10 Å². The van der Waals surface area contributed by atoms with Gasteiger partial charge in [-0.05, 0) is 44.2 Å². The van der Waals surface area contributed by atoms with Crippen molar-refractivity contribution in [2.45, 2.75) is 26.2 Å². The largest absolute Gasteiger partial charge is 0.440 e. The number of nitrogens with zero attached hydrogens (tertiary/aromatic N) is 5. The third-order valence-electron chi connectivity index (χ3n) is 5.08. The Kier molecular flexibility index (Phi) is 4.75. The summed E-state index contributed by atoms with van der Waals surface area (Å²) in [6, 6.07) is 6.02. The fourth-order valence-corrected chi connectivity index (χ4v) is 3.55. The minimum absolute atomic E-state index is 0.0531. The molecule has 1 fully saturated rings. The van der Waals surface area contributed by atoms with Crippen LogP contribution in [0.15, 0.2) is 41.2 Å². The second-order valence-corrected chi connectivity index (χ2v) is 7.09. The number of hydrogen-bond donors (Lipinski definition) is 0. The van der Waals surface area contributed by atoms with E-state index in [1.165, 1.54) is 0 Å². The van der Waals surface area contributed by atoms with Crippen molar-refractivity contribution >= 4 is 5.91 Å². The molecule has 7 heteroatoms. The van der Waals surface area contributed by atoms with E-state index in [0.29, 0.717) is 23.3 Å². The van der Waals surface area contributed by atoms with Gasteiger partial charge in [0.1, 0.15) is 5.76 Å². The SMILES string of the molecule is Cc1oc(-c2cnn(C)c2)nc1C(=O)N1CCC(Cc2ccccn2)CC1. The Morgan fingerprint density at radius 2 is 2.11 bits per heavy atom. The van der Waals surface area contributed by atoms with Crippen LogP contribution in [0.25, 0.3) is 11.5 Å². The summed E-state index contributed by atoms with van der Waals surface area (Å²) in [6.45, 7) is 3.27. The lowest BCUT2D eigenvalue weighted by Gasteiger charge is -2.31. The number of amides is 1. The Hall–Kier alpha value is -2.96. The fourth-order valence-electron chi connectivity index (χ4n) is 3.55. The molecule has 1 amide bonds. The summed E-state index contributed by atoms with van der Waals surface area (Å²) in [4.78, 5) is 23.6. The summed E-state index contributed by atoms with van der Waals surface area (Å²) in [6.07, 6.45) is 8.27. The first-order valence-electron chi connectivity index (χ1n) is 9.26. The zero-order valence-electron chi connectivity index (χ0n) is 15.6. The van der Waals surface area contributed by atoms with Gasteiger partial charge in [-0.1, -0.05) is 6.07 Å². The molecule has 27 heavy (non-hydrogen) atoms. The van der Waals surface area contributed by atoms with Crippen LogP contribution in [0.1, 0.15) is 34.8 Å². The molecule has 1 aliphatic rings. The molecule has 3 aromatic rings. The molecule has 0 aliphatic carbocycles. The van der Waals surface area contributed by atoms with Crippen LogP contribution in [0.4, 0.5) is 0 Å². The smallest absolute Gasteiger partial charge is 0.276 e. The highest BCUT2D eigenvalue weighted by atomic mass is 16.4. The molecule has 3 aromatic heterocycles. The number of aryl methyl sites for hydroxylation is 2. The van der Waals surface area contributed by atoms with E-state index in [9.17, 15) is 4.79 Å². The van der Waals surface area contributed by atoms with E-state index in [1.807, 2.05) is 36.5 Å². The molecule has 1 saturated heterocycles. The van der Waals surface area contributed by atoms with E-state index >= 15 is 0 Å². The molecule has 0 atom stereocenters. The first kappa shape index (κ1) is 17.5. The van der Waals surface area contributed by atoms with Crippen molar-refractivity contribution in [3.05, 3.63) is 53.9 Å². The Bertz CT molecular complexity index is 923. The summed E-state index contributed by atoms with van der Waals surface area (Å²) >= 11 is 0. The number of carbonyl (C=O) groups is 1. The third-order valence-corrected chi connectivity index (χ3v) is 5.08. The van der Waals surface area contributed by atoms with E-state index in [4.69, 9.17) is 4.42 Å². The maximum absolute atomic E-state index is 12.9. The van der Waals surface area contributed by atoms with Gasteiger partial charge in [0.2, 0.25) is 5.89 Å². The Morgan fingerprint density at radius 1 is 1.30 bits per heavy atom. The number of carbonyl (C=O) groups excluding carboxylic acids is 1. The zero-order valence-corrected chi connectivity index (χ0v) is 15.6. The van der Waals surface area contributed by atoms with Gasteiger partial charge in [0, 0.05) is 38.2 Å². The van der Waals surface area contributed by atoms with Crippen molar-refractivity contribution in [3.8, 4) is 11.5 Å². The number of aromatic nitrogens is 4. The second kappa shape index (κ2) is 7.34. The van der Waals surface area contributed by atoms with Crippen LogP contribution >= 0.6 is 0 Å². The van der Waals surface area contributed by atoms with E-state index in [1.54, 1.807) is 17.8 Å². The van der Waals surface area contributed by atoms with Crippen LogP contribution < -0.4 is 0 Å². The number of pyridine rings is 1. The highest BCUT2D eigenvalue weighted by Gasteiger charge is 2.28. The van der Waals surface area contributed by atoms with Gasteiger partial charge in [-0.3, -0.25) is 14.5 Å². The van der Waals surface area contributed by atoms with Crippen molar-refractivity contribution < 1.29 is 9.21 Å². The summed E-state index contributed by atoms with van der Waals surface area (Å²) in [7, 11) is 1.83.